The van der Waals surface area contributed by atoms with Crippen LogP contribution < -0.4 is 5.32 Å². The van der Waals surface area contributed by atoms with E-state index in [9.17, 15) is 9.18 Å². The lowest BCUT2D eigenvalue weighted by atomic mass is 10.2. The molecule has 0 atom stereocenters. The van der Waals surface area contributed by atoms with Crippen molar-refractivity contribution in [1.82, 2.24) is 19.7 Å². The van der Waals surface area contributed by atoms with Gasteiger partial charge in [-0.2, -0.15) is 5.10 Å². The van der Waals surface area contributed by atoms with Gasteiger partial charge in [-0.1, -0.05) is 0 Å². The number of benzene rings is 1. The average Bonchev–Trinajstić information content (AvgIpc) is 2.95. The molecular formula is C17H19FN4O. The number of carbonyl (C=O) groups excluding carboxylic acids is 1. The Bertz CT molecular complexity index is 907. The zero-order valence-electron chi connectivity index (χ0n) is 13.6. The molecule has 0 aliphatic carbocycles. The highest BCUT2D eigenvalue weighted by atomic mass is 19.1. The van der Waals surface area contributed by atoms with Gasteiger partial charge >= 0.3 is 0 Å². The van der Waals surface area contributed by atoms with Crippen molar-refractivity contribution in [1.29, 1.82) is 0 Å². The molecule has 0 fully saturated rings. The first kappa shape index (κ1) is 15.3. The summed E-state index contributed by atoms with van der Waals surface area (Å²) in [7, 11) is 3.64. The van der Waals surface area contributed by atoms with Gasteiger partial charge in [0.2, 0.25) is 0 Å². The second-order valence-electron chi connectivity index (χ2n) is 5.75. The minimum absolute atomic E-state index is 0.188. The maximum atomic E-state index is 13.4. The van der Waals surface area contributed by atoms with Crippen molar-refractivity contribution in [2.24, 2.45) is 14.1 Å². The molecule has 0 spiro atoms. The molecule has 1 aromatic carbocycles. The molecule has 0 bridgehead atoms. The highest BCUT2D eigenvalue weighted by Crippen LogP contribution is 2.20. The lowest BCUT2D eigenvalue weighted by Gasteiger charge is -2.07. The number of amides is 1. The van der Waals surface area contributed by atoms with E-state index >= 15 is 0 Å². The van der Waals surface area contributed by atoms with E-state index in [1.165, 1.54) is 12.1 Å². The van der Waals surface area contributed by atoms with Gasteiger partial charge < -0.3 is 9.88 Å². The van der Waals surface area contributed by atoms with Crippen LogP contribution in [0.3, 0.4) is 0 Å². The Hall–Kier alpha value is -2.63. The lowest BCUT2D eigenvalue weighted by Crippen LogP contribution is -2.25. The number of rotatable bonds is 3. The molecule has 23 heavy (non-hydrogen) atoms. The van der Waals surface area contributed by atoms with Crippen LogP contribution in [0.1, 0.15) is 27.4 Å². The van der Waals surface area contributed by atoms with E-state index < -0.39 is 0 Å². The van der Waals surface area contributed by atoms with Crippen molar-refractivity contribution < 1.29 is 9.18 Å². The molecule has 2 heterocycles. The van der Waals surface area contributed by atoms with Gasteiger partial charge in [0.15, 0.2) is 0 Å². The third-order valence-corrected chi connectivity index (χ3v) is 4.32. The number of nitrogens with zero attached hydrogens (tertiary/aromatic N) is 3. The fourth-order valence-corrected chi connectivity index (χ4v) is 2.85. The molecule has 3 aromatic rings. The van der Waals surface area contributed by atoms with Gasteiger partial charge in [-0.25, -0.2) is 4.39 Å². The van der Waals surface area contributed by atoms with E-state index in [2.05, 4.69) is 10.4 Å². The summed E-state index contributed by atoms with van der Waals surface area (Å²) in [6.45, 7) is 4.31. The Morgan fingerprint density at radius 3 is 2.65 bits per heavy atom. The molecule has 0 saturated carbocycles. The molecule has 0 aliphatic heterocycles. The summed E-state index contributed by atoms with van der Waals surface area (Å²) < 4.78 is 16.9. The maximum Gasteiger partial charge on any atom is 0.268 e. The van der Waals surface area contributed by atoms with Crippen LogP contribution in [0.5, 0.6) is 0 Å². The maximum absolute atomic E-state index is 13.4. The first-order valence-corrected chi connectivity index (χ1v) is 7.40. The molecule has 6 heteroatoms. The zero-order valence-corrected chi connectivity index (χ0v) is 13.6. The van der Waals surface area contributed by atoms with E-state index in [1.54, 1.807) is 28.4 Å². The Labute approximate surface area is 133 Å². The van der Waals surface area contributed by atoms with Gasteiger partial charge in [-0.15, -0.1) is 0 Å². The van der Waals surface area contributed by atoms with Crippen LogP contribution in [0.25, 0.3) is 10.9 Å². The Balaban J connectivity index is 1.85. The van der Waals surface area contributed by atoms with Crippen LogP contribution in [-0.2, 0) is 20.6 Å². The van der Waals surface area contributed by atoms with Crippen molar-refractivity contribution in [3.63, 3.8) is 0 Å². The summed E-state index contributed by atoms with van der Waals surface area (Å²) in [5.41, 5.74) is 4.16. The van der Waals surface area contributed by atoms with E-state index in [-0.39, 0.29) is 11.7 Å². The molecule has 0 unspecified atom stereocenters. The topological polar surface area (TPSA) is 51.9 Å². The Morgan fingerprint density at radius 1 is 1.26 bits per heavy atom. The quantitative estimate of drug-likeness (QED) is 0.808. The highest BCUT2D eigenvalue weighted by Gasteiger charge is 2.15. The molecule has 0 saturated heterocycles. The number of hydrogen-bond donors (Lipinski definition) is 1. The van der Waals surface area contributed by atoms with Crippen molar-refractivity contribution in [2.75, 3.05) is 0 Å². The fourth-order valence-electron chi connectivity index (χ4n) is 2.85. The van der Waals surface area contributed by atoms with Crippen molar-refractivity contribution in [3.8, 4) is 0 Å². The summed E-state index contributed by atoms with van der Waals surface area (Å²) in [6, 6.07) is 6.28. The monoisotopic (exact) mass is 314 g/mol. The Kier molecular flexibility index (Phi) is 3.67. The van der Waals surface area contributed by atoms with Gasteiger partial charge in [0, 0.05) is 37.3 Å². The number of aromatic nitrogens is 3. The minimum Gasteiger partial charge on any atom is -0.347 e. The summed E-state index contributed by atoms with van der Waals surface area (Å²) in [4.78, 5) is 12.5. The summed E-state index contributed by atoms with van der Waals surface area (Å²) in [5.74, 6) is -0.501. The predicted molar refractivity (Wildman–Crippen MR) is 86.7 cm³/mol. The van der Waals surface area contributed by atoms with E-state index in [4.69, 9.17) is 0 Å². The van der Waals surface area contributed by atoms with Crippen LogP contribution in [0.4, 0.5) is 4.39 Å². The van der Waals surface area contributed by atoms with Gasteiger partial charge in [-0.05, 0) is 38.1 Å². The number of carbonyl (C=O) groups is 1. The summed E-state index contributed by atoms with van der Waals surface area (Å²) >= 11 is 0. The van der Waals surface area contributed by atoms with Gasteiger partial charge in [0.05, 0.1) is 11.2 Å². The minimum atomic E-state index is -0.313. The summed E-state index contributed by atoms with van der Waals surface area (Å²) in [6.07, 6.45) is 0. The molecule has 1 amide bonds. The number of nitrogens with one attached hydrogen (secondary N) is 1. The fraction of sp³-hybridized carbons (Fsp3) is 0.294. The van der Waals surface area contributed by atoms with Crippen LogP contribution in [0.15, 0.2) is 24.3 Å². The number of fused-ring (bicyclic) bond motifs is 1. The normalized spacial score (nSPS) is 11.2. The number of aryl methyl sites for hydroxylation is 3. The van der Waals surface area contributed by atoms with Crippen molar-refractivity contribution >= 4 is 16.8 Å². The second-order valence-corrected chi connectivity index (χ2v) is 5.75. The van der Waals surface area contributed by atoms with Crippen LogP contribution in [0, 0.1) is 19.7 Å². The summed E-state index contributed by atoms with van der Waals surface area (Å²) in [5, 5.41) is 8.10. The average molecular weight is 314 g/mol. The third kappa shape index (κ3) is 2.60. The van der Waals surface area contributed by atoms with E-state index in [0.717, 1.165) is 22.3 Å². The molecular weight excluding hydrogens is 295 g/mol. The van der Waals surface area contributed by atoms with Gasteiger partial charge in [0.1, 0.15) is 11.5 Å². The molecule has 1 N–H and O–H groups in total. The third-order valence-electron chi connectivity index (χ3n) is 4.32. The van der Waals surface area contributed by atoms with Crippen LogP contribution in [-0.4, -0.2) is 20.3 Å². The molecule has 0 radical (unpaired) electrons. The second kappa shape index (κ2) is 5.53. The predicted octanol–water partition coefficient (Wildman–Crippen LogP) is 2.60. The zero-order chi connectivity index (χ0) is 16.7. The standard InChI is InChI=1S/C17H19FN4O/c1-10-14(11(2)22(4)20-10)9-19-17(23)16-7-12-5-6-13(18)8-15(12)21(16)3/h5-8H,9H2,1-4H3,(H,19,23). The van der Waals surface area contributed by atoms with Crippen molar-refractivity contribution in [3.05, 3.63) is 52.7 Å². The van der Waals surface area contributed by atoms with E-state index in [1.807, 2.05) is 20.9 Å². The first-order chi connectivity index (χ1) is 10.9. The van der Waals surface area contributed by atoms with Crippen molar-refractivity contribution in [2.45, 2.75) is 20.4 Å². The first-order valence-electron chi connectivity index (χ1n) is 7.40. The molecule has 2 aromatic heterocycles. The smallest absolute Gasteiger partial charge is 0.268 e. The number of hydrogen-bond acceptors (Lipinski definition) is 2. The van der Waals surface area contributed by atoms with Gasteiger partial charge in [0.25, 0.3) is 5.91 Å². The highest BCUT2D eigenvalue weighted by molar-refractivity contribution is 5.98. The largest absolute Gasteiger partial charge is 0.347 e. The molecule has 3 rings (SSSR count). The SMILES string of the molecule is Cc1nn(C)c(C)c1CNC(=O)c1cc2ccc(F)cc2n1C. The van der Waals surface area contributed by atoms with E-state index in [0.29, 0.717) is 17.8 Å². The molecule has 0 aliphatic rings. The molecule has 120 valence electrons. The van der Waals surface area contributed by atoms with Gasteiger partial charge in [-0.3, -0.25) is 9.48 Å². The number of halogens is 1. The van der Waals surface area contributed by atoms with Crippen LogP contribution in [0.2, 0.25) is 0 Å². The Morgan fingerprint density at radius 2 is 2.00 bits per heavy atom. The lowest BCUT2D eigenvalue weighted by molar-refractivity contribution is 0.0943. The van der Waals surface area contributed by atoms with Crippen LogP contribution >= 0.6 is 0 Å². The molecule has 5 nitrogen and oxygen atoms in total.